The third-order valence-corrected chi connectivity index (χ3v) is 3.47. The lowest BCUT2D eigenvalue weighted by atomic mass is 10.1. The van der Waals surface area contributed by atoms with Crippen molar-refractivity contribution in [3.8, 4) is 6.07 Å². The molecule has 0 aromatic carbocycles. The first-order valence-corrected chi connectivity index (χ1v) is 6.15. The van der Waals surface area contributed by atoms with E-state index in [9.17, 15) is 0 Å². The van der Waals surface area contributed by atoms with Gasteiger partial charge in [-0.2, -0.15) is 5.26 Å². The summed E-state index contributed by atoms with van der Waals surface area (Å²) in [5.41, 5.74) is 2.14. The molecule has 2 saturated carbocycles. The number of nitriles is 1. The van der Waals surface area contributed by atoms with Crippen LogP contribution >= 0.6 is 0 Å². The SMILES string of the molecule is N#CCc1nnn(CC2CC2)c1CC1CC1. The molecule has 16 heavy (non-hydrogen) atoms. The van der Waals surface area contributed by atoms with Crippen LogP contribution in [0.25, 0.3) is 0 Å². The first-order chi connectivity index (χ1) is 7.86. The molecule has 1 aromatic heterocycles. The van der Waals surface area contributed by atoms with Gasteiger partial charge in [0.2, 0.25) is 0 Å². The average molecular weight is 216 g/mol. The summed E-state index contributed by atoms with van der Waals surface area (Å²) >= 11 is 0. The molecule has 2 fully saturated rings. The van der Waals surface area contributed by atoms with Crippen LogP contribution in [0.2, 0.25) is 0 Å². The molecule has 2 aliphatic carbocycles. The van der Waals surface area contributed by atoms with Gasteiger partial charge in [-0.3, -0.25) is 0 Å². The van der Waals surface area contributed by atoms with Crippen LogP contribution in [-0.2, 0) is 19.4 Å². The van der Waals surface area contributed by atoms with Gasteiger partial charge in [-0.05, 0) is 43.9 Å². The van der Waals surface area contributed by atoms with Gasteiger partial charge in [0.15, 0.2) is 0 Å². The maximum atomic E-state index is 8.77. The Morgan fingerprint density at radius 1 is 1.25 bits per heavy atom. The van der Waals surface area contributed by atoms with E-state index >= 15 is 0 Å². The van der Waals surface area contributed by atoms with Crippen LogP contribution in [0, 0.1) is 23.2 Å². The van der Waals surface area contributed by atoms with Gasteiger partial charge in [-0.15, -0.1) is 5.10 Å². The van der Waals surface area contributed by atoms with Gasteiger partial charge in [-0.25, -0.2) is 4.68 Å². The average Bonchev–Trinajstić information content (AvgIpc) is 3.14. The molecule has 0 bridgehead atoms. The molecule has 1 heterocycles. The molecule has 0 N–H and O–H groups in total. The number of hydrogen-bond donors (Lipinski definition) is 0. The predicted octanol–water partition coefficient (Wildman–Crippen LogP) is 1.71. The minimum absolute atomic E-state index is 0.409. The maximum absolute atomic E-state index is 8.77. The van der Waals surface area contributed by atoms with Gasteiger partial charge in [-0.1, -0.05) is 5.21 Å². The van der Waals surface area contributed by atoms with E-state index in [2.05, 4.69) is 21.1 Å². The highest BCUT2D eigenvalue weighted by molar-refractivity contribution is 5.16. The Balaban J connectivity index is 1.80. The van der Waals surface area contributed by atoms with Crippen molar-refractivity contribution in [3.63, 3.8) is 0 Å². The summed E-state index contributed by atoms with van der Waals surface area (Å²) in [5.74, 6) is 1.64. The Kier molecular flexibility index (Phi) is 2.39. The van der Waals surface area contributed by atoms with Crippen molar-refractivity contribution in [1.82, 2.24) is 15.0 Å². The number of hydrogen-bond acceptors (Lipinski definition) is 3. The molecular formula is C12H16N4. The smallest absolute Gasteiger partial charge is 0.0999 e. The van der Waals surface area contributed by atoms with Crippen molar-refractivity contribution in [2.24, 2.45) is 11.8 Å². The maximum Gasteiger partial charge on any atom is 0.0999 e. The van der Waals surface area contributed by atoms with Crippen LogP contribution in [0.5, 0.6) is 0 Å². The largest absolute Gasteiger partial charge is 0.249 e. The molecule has 1 aromatic rings. The van der Waals surface area contributed by atoms with Crippen molar-refractivity contribution in [1.29, 1.82) is 5.26 Å². The second-order valence-corrected chi connectivity index (χ2v) is 5.09. The van der Waals surface area contributed by atoms with E-state index in [1.165, 1.54) is 31.4 Å². The van der Waals surface area contributed by atoms with Crippen LogP contribution in [0.1, 0.15) is 37.1 Å². The Morgan fingerprint density at radius 3 is 2.62 bits per heavy atom. The van der Waals surface area contributed by atoms with Crippen molar-refractivity contribution in [2.45, 2.75) is 45.1 Å². The van der Waals surface area contributed by atoms with Crippen LogP contribution < -0.4 is 0 Å². The Hall–Kier alpha value is -1.37. The van der Waals surface area contributed by atoms with Crippen molar-refractivity contribution in [2.75, 3.05) is 0 Å². The van der Waals surface area contributed by atoms with Crippen molar-refractivity contribution < 1.29 is 0 Å². The molecule has 84 valence electrons. The van der Waals surface area contributed by atoms with Gasteiger partial charge in [0.05, 0.1) is 23.9 Å². The van der Waals surface area contributed by atoms with Crippen molar-refractivity contribution in [3.05, 3.63) is 11.4 Å². The third kappa shape index (κ3) is 2.08. The van der Waals surface area contributed by atoms with Gasteiger partial charge in [0.1, 0.15) is 0 Å². The first-order valence-electron chi connectivity index (χ1n) is 6.15. The highest BCUT2D eigenvalue weighted by atomic mass is 15.4. The monoisotopic (exact) mass is 216 g/mol. The molecule has 0 amide bonds. The molecule has 4 nitrogen and oxygen atoms in total. The second-order valence-electron chi connectivity index (χ2n) is 5.09. The molecule has 0 aliphatic heterocycles. The molecule has 4 heteroatoms. The van der Waals surface area contributed by atoms with E-state index in [-0.39, 0.29) is 0 Å². The van der Waals surface area contributed by atoms with E-state index in [1.54, 1.807) is 0 Å². The molecule has 0 radical (unpaired) electrons. The zero-order chi connectivity index (χ0) is 11.0. The Bertz CT molecular complexity index is 421. The van der Waals surface area contributed by atoms with E-state index in [0.29, 0.717) is 6.42 Å². The number of rotatable bonds is 5. The Labute approximate surface area is 95.3 Å². The van der Waals surface area contributed by atoms with E-state index < -0.39 is 0 Å². The molecule has 0 unspecified atom stereocenters. The van der Waals surface area contributed by atoms with Crippen LogP contribution in [-0.4, -0.2) is 15.0 Å². The number of nitrogens with zero attached hydrogens (tertiary/aromatic N) is 4. The minimum atomic E-state index is 0.409. The van der Waals surface area contributed by atoms with Crippen molar-refractivity contribution >= 4 is 0 Å². The van der Waals surface area contributed by atoms with Gasteiger partial charge >= 0.3 is 0 Å². The normalized spacial score (nSPS) is 19.7. The highest BCUT2D eigenvalue weighted by Gasteiger charge is 2.28. The molecular weight excluding hydrogens is 200 g/mol. The summed E-state index contributed by atoms with van der Waals surface area (Å²) in [6.45, 7) is 1.01. The summed E-state index contributed by atoms with van der Waals surface area (Å²) < 4.78 is 2.06. The van der Waals surface area contributed by atoms with E-state index in [4.69, 9.17) is 5.26 Å². The molecule has 0 atom stereocenters. The summed E-state index contributed by atoms with van der Waals surface area (Å²) in [7, 11) is 0. The fourth-order valence-electron chi connectivity index (χ4n) is 2.09. The fraction of sp³-hybridized carbons (Fsp3) is 0.750. The quantitative estimate of drug-likeness (QED) is 0.752. The summed E-state index contributed by atoms with van der Waals surface area (Å²) in [4.78, 5) is 0. The lowest BCUT2D eigenvalue weighted by molar-refractivity contribution is 0.517. The summed E-state index contributed by atoms with van der Waals surface area (Å²) in [5, 5.41) is 17.1. The van der Waals surface area contributed by atoms with Crippen LogP contribution in [0.4, 0.5) is 0 Å². The van der Waals surface area contributed by atoms with Gasteiger partial charge < -0.3 is 0 Å². The fourth-order valence-corrected chi connectivity index (χ4v) is 2.09. The van der Waals surface area contributed by atoms with Crippen LogP contribution in [0.3, 0.4) is 0 Å². The third-order valence-electron chi connectivity index (χ3n) is 3.47. The number of aromatic nitrogens is 3. The highest BCUT2D eigenvalue weighted by Crippen LogP contribution is 2.35. The topological polar surface area (TPSA) is 54.5 Å². The van der Waals surface area contributed by atoms with E-state index in [0.717, 1.165) is 30.5 Å². The lowest BCUT2D eigenvalue weighted by Gasteiger charge is -2.05. The van der Waals surface area contributed by atoms with E-state index in [1.807, 2.05) is 0 Å². The standard InChI is InChI=1S/C12H16N4/c13-6-5-11-12(7-9-1-2-9)16(15-14-11)8-10-3-4-10/h9-10H,1-5,7-8H2. The first kappa shape index (κ1) is 9.83. The zero-order valence-corrected chi connectivity index (χ0v) is 9.39. The van der Waals surface area contributed by atoms with Gasteiger partial charge in [0.25, 0.3) is 0 Å². The summed E-state index contributed by atoms with van der Waals surface area (Å²) in [6, 6.07) is 2.18. The molecule has 0 saturated heterocycles. The van der Waals surface area contributed by atoms with Gasteiger partial charge in [0, 0.05) is 6.54 Å². The molecule has 2 aliphatic rings. The molecule has 0 spiro atoms. The lowest BCUT2D eigenvalue weighted by Crippen LogP contribution is -2.08. The Morgan fingerprint density at radius 2 is 2.00 bits per heavy atom. The van der Waals surface area contributed by atoms with Crippen LogP contribution in [0.15, 0.2) is 0 Å². The molecule has 3 rings (SSSR count). The summed E-state index contributed by atoms with van der Waals surface area (Å²) in [6.07, 6.45) is 6.82. The minimum Gasteiger partial charge on any atom is -0.249 e. The zero-order valence-electron chi connectivity index (χ0n) is 9.39. The second kappa shape index (κ2) is 3.89. The predicted molar refractivity (Wildman–Crippen MR) is 58.5 cm³/mol.